The van der Waals surface area contributed by atoms with E-state index in [1.54, 1.807) is 0 Å². The van der Waals surface area contributed by atoms with Crippen LogP contribution in [0.25, 0.3) is 0 Å². The second-order valence-electron chi connectivity index (χ2n) is 2.60. The third kappa shape index (κ3) is 4.59. The van der Waals surface area contributed by atoms with Crippen molar-refractivity contribution < 1.29 is 13.2 Å². The molecule has 0 N–H and O–H groups in total. The van der Waals surface area contributed by atoms with Gasteiger partial charge in [0.1, 0.15) is 0 Å². The van der Waals surface area contributed by atoms with Gasteiger partial charge in [0.2, 0.25) is 10.0 Å². The third-order valence-electron chi connectivity index (χ3n) is 1.79. The Bertz CT molecular complexity index is 209. The van der Waals surface area contributed by atoms with Gasteiger partial charge in [-0.25, -0.2) is 12.7 Å². The fourth-order valence-corrected chi connectivity index (χ4v) is 2.43. The Hall–Kier alpha value is -0.130. The molecule has 0 aliphatic rings. The van der Waals surface area contributed by atoms with Gasteiger partial charge in [0.15, 0.2) is 0 Å². The van der Waals surface area contributed by atoms with Crippen molar-refractivity contribution in [1.29, 1.82) is 0 Å². The molecule has 0 aliphatic heterocycles. The fourth-order valence-electron chi connectivity index (χ4n) is 1.05. The first-order valence-corrected chi connectivity index (χ1v) is 6.24. The van der Waals surface area contributed by atoms with Crippen LogP contribution in [0.4, 0.5) is 0 Å². The van der Waals surface area contributed by atoms with Gasteiger partial charge in [0.25, 0.3) is 0 Å². The van der Waals surface area contributed by atoms with E-state index in [0.29, 0.717) is 19.7 Å². The molecule has 0 unspecified atom stereocenters. The van der Waals surface area contributed by atoms with E-state index in [-0.39, 0.29) is 12.4 Å². The molecule has 0 aromatic rings. The molecule has 0 rings (SSSR count). The molecule has 0 heterocycles. The number of rotatable bonds is 7. The van der Waals surface area contributed by atoms with Gasteiger partial charge in [-0.1, -0.05) is 13.8 Å². The van der Waals surface area contributed by atoms with Crippen molar-refractivity contribution in [3.8, 4) is 0 Å². The molecule has 0 bridgehead atoms. The molecule has 4 nitrogen and oxygen atoms in total. The standard InChI is InChI=1S/C8H19NO3S/c1-4-9(5-2)13(10,11)8-7-12-6-3/h4-8H2,1-3H3. The van der Waals surface area contributed by atoms with E-state index >= 15 is 0 Å². The molecular formula is C8H19NO3S. The van der Waals surface area contributed by atoms with Crippen molar-refractivity contribution >= 4 is 10.0 Å². The van der Waals surface area contributed by atoms with E-state index in [0.717, 1.165) is 0 Å². The largest absolute Gasteiger partial charge is 0.381 e. The molecule has 0 aliphatic carbocycles. The Balaban J connectivity index is 4.05. The van der Waals surface area contributed by atoms with Gasteiger partial charge in [-0.15, -0.1) is 0 Å². The zero-order valence-corrected chi connectivity index (χ0v) is 9.43. The van der Waals surface area contributed by atoms with E-state index in [1.165, 1.54) is 4.31 Å². The van der Waals surface area contributed by atoms with Crippen LogP contribution in [0, 0.1) is 0 Å². The molecular weight excluding hydrogens is 190 g/mol. The first kappa shape index (κ1) is 12.9. The molecule has 80 valence electrons. The summed E-state index contributed by atoms with van der Waals surface area (Å²) in [5.41, 5.74) is 0. The summed E-state index contributed by atoms with van der Waals surface area (Å²) in [6.07, 6.45) is 0. The van der Waals surface area contributed by atoms with Gasteiger partial charge < -0.3 is 4.74 Å². The molecule has 0 saturated carbocycles. The lowest BCUT2D eigenvalue weighted by molar-refractivity contribution is 0.162. The topological polar surface area (TPSA) is 46.6 Å². The minimum absolute atomic E-state index is 0.0858. The van der Waals surface area contributed by atoms with Crippen LogP contribution in [0.15, 0.2) is 0 Å². The maximum absolute atomic E-state index is 11.5. The molecule has 5 heteroatoms. The third-order valence-corrected chi connectivity index (χ3v) is 3.77. The smallest absolute Gasteiger partial charge is 0.216 e. The van der Waals surface area contributed by atoms with Gasteiger partial charge >= 0.3 is 0 Å². The quantitative estimate of drug-likeness (QED) is 0.580. The normalized spacial score (nSPS) is 12.3. The van der Waals surface area contributed by atoms with Gasteiger partial charge in [0, 0.05) is 19.7 Å². The van der Waals surface area contributed by atoms with E-state index in [2.05, 4.69) is 0 Å². The maximum Gasteiger partial charge on any atom is 0.216 e. The summed E-state index contributed by atoms with van der Waals surface area (Å²) in [5.74, 6) is 0.0858. The SMILES string of the molecule is CCOCCS(=O)(=O)N(CC)CC. The molecule has 0 spiro atoms. The Morgan fingerprint density at radius 1 is 1.15 bits per heavy atom. The number of ether oxygens (including phenoxy) is 1. The van der Waals surface area contributed by atoms with E-state index in [9.17, 15) is 8.42 Å². The van der Waals surface area contributed by atoms with E-state index < -0.39 is 10.0 Å². The first-order chi connectivity index (χ1) is 6.08. The van der Waals surface area contributed by atoms with Crippen molar-refractivity contribution in [2.24, 2.45) is 0 Å². The van der Waals surface area contributed by atoms with Crippen molar-refractivity contribution in [3.05, 3.63) is 0 Å². The highest BCUT2D eigenvalue weighted by Gasteiger charge is 2.17. The predicted octanol–water partition coefficient (Wildman–Crippen LogP) is 0.694. The lowest BCUT2D eigenvalue weighted by Gasteiger charge is -2.17. The van der Waals surface area contributed by atoms with E-state index in [1.807, 2.05) is 20.8 Å². The fraction of sp³-hybridized carbons (Fsp3) is 1.00. The lowest BCUT2D eigenvalue weighted by Crippen LogP contribution is -2.34. The summed E-state index contributed by atoms with van der Waals surface area (Å²) in [6.45, 7) is 7.44. The summed E-state index contributed by atoms with van der Waals surface area (Å²) in [6, 6.07) is 0. The zero-order valence-electron chi connectivity index (χ0n) is 8.62. The summed E-state index contributed by atoms with van der Waals surface area (Å²) >= 11 is 0. The second kappa shape index (κ2) is 6.34. The minimum Gasteiger partial charge on any atom is -0.381 e. The highest BCUT2D eigenvalue weighted by molar-refractivity contribution is 7.89. The first-order valence-electron chi connectivity index (χ1n) is 4.64. The lowest BCUT2D eigenvalue weighted by atomic mass is 10.7. The molecule has 13 heavy (non-hydrogen) atoms. The molecule has 0 aromatic heterocycles. The van der Waals surface area contributed by atoms with Crippen LogP contribution >= 0.6 is 0 Å². The van der Waals surface area contributed by atoms with Crippen LogP contribution in [0.5, 0.6) is 0 Å². The van der Waals surface area contributed by atoms with Crippen molar-refractivity contribution in [2.45, 2.75) is 20.8 Å². The Kier molecular flexibility index (Phi) is 6.28. The Morgan fingerprint density at radius 2 is 1.69 bits per heavy atom. The van der Waals surface area contributed by atoms with Crippen LogP contribution in [0.2, 0.25) is 0 Å². The van der Waals surface area contributed by atoms with Gasteiger partial charge in [-0.3, -0.25) is 0 Å². The highest BCUT2D eigenvalue weighted by Crippen LogP contribution is 2.00. The predicted molar refractivity (Wildman–Crippen MR) is 53.2 cm³/mol. The number of nitrogens with zero attached hydrogens (tertiary/aromatic N) is 1. The average molecular weight is 209 g/mol. The molecule has 0 saturated heterocycles. The number of sulfonamides is 1. The van der Waals surface area contributed by atoms with E-state index in [4.69, 9.17) is 4.74 Å². The zero-order chi connectivity index (χ0) is 10.3. The van der Waals surface area contributed by atoms with Crippen LogP contribution < -0.4 is 0 Å². The van der Waals surface area contributed by atoms with Gasteiger partial charge in [-0.05, 0) is 6.92 Å². The Labute approximate surface area is 80.9 Å². The molecule has 0 atom stereocenters. The molecule has 0 fully saturated rings. The van der Waals surface area contributed by atoms with Crippen molar-refractivity contribution in [3.63, 3.8) is 0 Å². The molecule has 0 amide bonds. The highest BCUT2D eigenvalue weighted by atomic mass is 32.2. The summed E-state index contributed by atoms with van der Waals surface area (Å²) in [4.78, 5) is 0. The van der Waals surface area contributed by atoms with Crippen LogP contribution in [0.3, 0.4) is 0 Å². The van der Waals surface area contributed by atoms with Crippen LogP contribution in [-0.4, -0.2) is 44.8 Å². The van der Waals surface area contributed by atoms with Crippen molar-refractivity contribution in [1.82, 2.24) is 4.31 Å². The number of hydrogen-bond acceptors (Lipinski definition) is 3. The van der Waals surface area contributed by atoms with Crippen molar-refractivity contribution in [2.75, 3.05) is 32.1 Å². The van der Waals surface area contributed by atoms with Crippen LogP contribution in [-0.2, 0) is 14.8 Å². The summed E-state index contributed by atoms with van der Waals surface area (Å²) in [5, 5.41) is 0. The monoisotopic (exact) mass is 209 g/mol. The average Bonchev–Trinajstić information content (AvgIpc) is 2.06. The Morgan fingerprint density at radius 3 is 2.08 bits per heavy atom. The summed E-state index contributed by atoms with van der Waals surface area (Å²) < 4.78 is 29.5. The molecule has 0 aromatic carbocycles. The maximum atomic E-state index is 11.5. The van der Waals surface area contributed by atoms with Crippen LogP contribution in [0.1, 0.15) is 20.8 Å². The van der Waals surface area contributed by atoms with Gasteiger partial charge in [0.05, 0.1) is 12.4 Å². The number of hydrogen-bond donors (Lipinski definition) is 0. The molecule has 0 radical (unpaired) electrons. The summed E-state index contributed by atoms with van der Waals surface area (Å²) in [7, 11) is -3.09. The second-order valence-corrected chi connectivity index (χ2v) is 4.69. The van der Waals surface area contributed by atoms with Gasteiger partial charge in [-0.2, -0.15) is 0 Å². The minimum atomic E-state index is -3.09.